The maximum atomic E-state index is 12.8. The quantitative estimate of drug-likeness (QED) is 0.593. The van der Waals surface area contributed by atoms with Crippen LogP contribution in [-0.2, 0) is 19.6 Å². The lowest BCUT2D eigenvalue weighted by molar-refractivity contribution is -0.148. The van der Waals surface area contributed by atoms with Crippen molar-refractivity contribution in [2.75, 3.05) is 20.8 Å². The number of hydrogen-bond acceptors (Lipinski definition) is 7. The molecule has 0 fully saturated rings. The van der Waals surface area contributed by atoms with Crippen molar-refractivity contribution in [2.24, 2.45) is 0 Å². The number of nitrogens with one attached hydrogen (secondary N) is 1. The first-order chi connectivity index (χ1) is 13.7. The Morgan fingerprint density at radius 3 is 2.31 bits per heavy atom. The van der Waals surface area contributed by atoms with E-state index >= 15 is 0 Å². The van der Waals surface area contributed by atoms with Gasteiger partial charge in [-0.15, -0.1) is 0 Å². The van der Waals surface area contributed by atoms with Crippen LogP contribution >= 0.6 is 0 Å². The molecule has 158 valence electrons. The molecule has 0 radical (unpaired) electrons. The van der Waals surface area contributed by atoms with Crippen molar-refractivity contribution >= 4 is 16.0 Å². The molecule has 2 N–H and O–H groups in total. The van der Waals surface area contributed by atoms with Gasteiger partial charge in [0.2, 0.25) is 10.0 Å². The fraction of sp³-hybridized carbons (Fsp3) is 0.350. The van der Waals surface area contributed by atoms with Crippen LogP contribution in [0.4, 0.5) is 0 Å². The summed E-state index contributed by atoms with van der Waals surface area (Å²) in [5.41, 5.74) is 1.09. The molecule has 9 heteroatoms. The standard InChI is InChI=1S/C20H25NO7S/c1-5-28-20(23)18(21-29(24,25)15-9-6-13(2)7-10-15)19(22)16-11-8-14(26-3)12-17(16)27-4/h6-12,18-19,21-22H,5H2,1-4H3. The molecule has 0 bridgehead atoms. The van der Waals surface area contributed by atoms with Crippen molar-refractivity contribution in [3.8, 4) is 11.5 Å². The van der Waals surface area contributed by atoms with E-state index < -0.39 is 28.1 Å². The Kier molecular flexibility index (Phi) is 7.60. The van der Waals surface area contributed by atoms with Gasteiger partial charge in [-0.3, -0.25) is 4.79 Å². The Balaban J connectivity index is 2.42. The molecule has 2 aromatic carbocycles. The minimum absolute atomic E-state index is 0.0219. The molecule has 2 atom stereocenters. The average molecular weight is 423 g/mol. The molecule has 0 saturated heterocycles. The summed E-state index contributed by atoms with van der Waals surface area (Å²) in [4.78, 5) is 12.4. The van der Waals surface area contributed by atoms with Gasteiger partial charge in [0.05, 0.1) is 25.7 Å². The lowest BCUT2D eigenvalue weighted by atomic mass is 10.0. The van der Waals surface area contributed by atoms with Crippen LogP contribution in [0.15, 0.2) is 47.4 Å². The van der Waals surface area contributed by atoms with E-state index in [4.69, 9.17) is 14.2 Å². The molecule has 0 aliphatic rings. The number of sulfonamides is 1. The van der Waals surface area contributed by atoms with Crippen LogP contribution in [0.5, 0.6) is 11.5 Å². The average Bonchev–Trinajstić information content (AvgIpc) is 2.71. The van der Waals surface area contributed by atoms with Gasteiger partial charge in [0, 0.05) is 11.6 Å². The van der Waals surface area contributed by atoms with Crippen molar-refractivity contribution in [3.05, 3.63) is 53.6 Å². The number of hydrogen-bond donors (Lipinski definition) is 2. The van der Waals surface area contributed by atoms with Gasteiger partial charge in [0.15, 0.2) is 0 Å². The smallest absolute Gasteiger partial charge is 0.327 e. The van der Waals surface area contributed by atoms with Gasteiger partial charge < -0.3 is 19.3 Å². The second kappa shape index (κ2) is 9.73. The van der Waals surface area contributed by atoms with E-state index in [2.05, 4.69) is 4.72 Å². The van der Waals surface area contributed by atoms with Gasteiger partial charge >= 0.3 is 5.97 Å². The fourth-order valence-electron chi connectivity index (χ4n) is 2.67. The third kappa shape index (κ3) is 5.47. The van der Waals surface area contributed by atoms with E-state index in [1.165, 1.54) is 38.5 Å². The molecule has 0 saturated carbocycles. The van der Waals surface area contributed by atoms with Crippen LogP contribution < -0.4 is 14.2 Å². The molecule has 0 spiro atoms. The minimum atomic E-state index is -4.10. The largest absolute Gasteiger partial charge is 0.497 e. The molecule has 0 heterocycles. The Labute approximate surface area is 170 Å². The Hall–Kier alpha value is -2.62. The van der Waals surface area contributed by atoms with Crippen LogP contribution in [0.25, 0.3) is 0 Å². The van der Waals surface area contributed by atoms with Crippen LogP contribution in [0.2, 0.25) is 0 Å². The number of benzene rings is 2. The molecule has 2 aromatic rings. The summed E-state index contributed by atoms with van der Waals surface area (Å²) >= 11 is 0. The molecule has 0 amide bonds. The molecule has 0 aromatic heterocycles. The predicted molar refractivity (Wildman–Crippen MR) is 106 cm³/mol. The van der Waals surface area contributed by atoms with Gasteiger partial charge in [0.1, 0.15) is 23.6 Å². The van der Waals surface area contributed by atoms with E-state index in [0.717, 1.165) is 5.56 Å². The molecular formula is C20H25NO7S. The summed E-state index contributed by atoms with van der Waals surface area (Å²) in [6, 6.07) is 9.11. The number of aliphatic hydroxyl groups excluding tert-OH is 1. The summed E-state index contributed by atoms with van der Waals surface area (Å²) in [5.74, 6) is -0.194. The lowest BCUT2D eigenvalue weighted by Gasteiger charge is -2.24. The van der Waals surface area contributed by atoms with Crippen LogP contribution in [0.3, 0.4) is 0 Å². The topological polar surface area (TPSA) is 111 Å². The molecule has 2 unspecified atom stereocenters. The maximum Gasteiger partial charge on any atom is 0.327 e. The summed E-state index contributed by atoms with van der Waals surface area (Å²) in [5, 5.41) is 10.9. The highest BCUT2D eigenvalue weighted by molar-refractivity contribution is 7.89. The predicted octanol–water partition coefficient (Wildman–Crippen LogP) is 1.96. The van der Waals surface area contributed by atoms with Crippen molar-refractivity contribution in [1.29, 1.82) is 0 Å². The Morgan fingerprint density at radius 2 is 1.76 bits per heavy atom. The van der Waals surface area contributed by atoms with E-state index in [9.17, 15) is 18.3 Å². The maximum absolute atomic E-state index is 12.8. The van der Waals surface area contributed by atoms with Crippen LogP contribution in [-0.4, -0.2) is 46.4 Å². The lowest BCUT2D eigenvalue weighted by Crippen LogP contribution is -2.46. The highest BCUT2D eigenvalue weighted by Gasteiger charge is 2.35. The molecule has 2 rings (SSSR count). The van der Waals surface area contributed by atoms with Crippen molar-refractivity contribution in [2.45, 2.75) is 30.9 Å². The van der Waals surface area contributed by atoms with Crippen molar-refractivity contribution < 1.29 is 32.5 Å². The number of methoxy groups -OCH3 is 2. The first-order valence-electron chi connectivity index (χ1n) is 8.89. The van der Waals surface area contributed by atoms with Crippen LogP contribution in [0, 0.1) is 6.92 Å². The number of carbonyl (C=O) groups is 1. The van der Waals surface area contributed by atoms with E-state index in [1.54, 1.807) is 25.1 Å². The van der Waals surface area contributed by atoms with Gasteiger partial charge in [-0.05, 0) is 38.1 Å². The van der Waals surface area contributed by atoms with Gasteiger partial charge in [-0.1, -0.05) is 17.7 Å². The van der Waals surface area contributed by atoms with Crippen molar-refractivity contribution in [3.63, 3.8) is 0 Å². The number of esters is 1. The summed E-state index contributed by atoms with van der Waals surface area (Å²) in [6.45, 7) is 3.43. The first-order valence-corrected chi connectivity index (χ1v) is 10.4. The highest BCUT2D eigenvalue weighted by atomic mass is 32.2. The molecule has 8 nitrogen and oxygen atoms in total. The highest BCUT2D eigenvalue weighted by Crippen LogP contribution is 2.32. The molecule has 29 heavy (non-hydrogen) atoms. The van der Waals surface area contributed by atoms with Gasteiger partial charge in [0.25, 0.3) is 0 Å². The zero-order valence-corrected chi connectivity index (χ0v) is 17.5. The number of aliphatic hydroxyl groups is 1. The molecular weight excluding hydrogens is 398 g/mol. The summed E-state index contributed by atoms with van der Waals surface area (Å²) in [6.07, 6.45) is -1.56. The zero-order chi connectivity index (χ0) is 21.6. The molecule has 0 aliphatic carbocycles. The van der Waals surface area contributed by atoms with Gasteiger partial charge in [-0.2, -0.15) is 4.72 Å². The van der Waals surface area contributed by atoms with Crippen molar-refractivity contribution in [1.82, 2.24) is 4.72 Å². The fourth-order valence-corrected chi connectivity index (χ4v) is 3.86. The molecule has 0 aliphatic heterocycles. The SMILES string of the molecule is CCOC(=O)C(NS(=O)(=O)c1ccc(C)cc1)C(O)c1ccc(OC)cc1OC. The number of rotatable bonds is 9. The summed E-state index contributed by atoms with van der Waals surface area (Å²) in [7, 11) is -1.24. The summed E-state index contributed by atoms with van der Waals surface area (Å²) < 4.78 is 43.1. The normalized spacial score (nSPS) is 13.4. The zero-order valence-electron chi connectivity index (χ0n) is 16.7. The third-order valence-electron chi connectivity index (χ3n) is 4.23. The van der Waals surface area contributed by atoms with Gasteiger partial charge in [-0.25, -0.2) is 8.42 Å². The monoisotopic (exact) mass is 423 g/mol. The number of carbonyl (C=O) groups excluding carboxylic acids is 1. The second-order valence-electron chi connectivity index (χ2n) is 6.22. The first kappa shape index (κ1) is 22.7. The third-order valence-corrected chi connectivity index (χ3v) is 5.69. The number of ether oxygens (including phenoxy) is 3. The van der Waals surface area contributed by atoms with E-state index in [0.29, 0.717) is 5.75 Å². The second-order valence-corrected chi connectivity index (χ2v) is 7.93. The minimum Gasteiger partial charge on any atom is -0.497 e. The van der Waals surface area contributed by atoms with Crippen LogP contribution in [0.1, 0.15) is 24.2 Å². The van der Waals surface area contributed by atoms with E-state index in [-0.39, 0.29) is 22.8 Å². The Morgan fingerprint density at radius 1 is 1.10 bits per heavy atom. The van der Waals surface area contributed by atoms with E-state index in [1.807, 2.05) is 6.92 Å². The number of aryl methyl sites for hydroxylation is 1. The Bertz CT molecular complexity index is 942.